The van der Waals surface area contributed by atoms with Gasteiger partial charge >= 0.3 is 0 Å². The fourth-order valence-electron chi connectivity index (χ4n) is 2.65. The molecule has 0 radical (unpaired) electrons. The van der Waals surface area contributed by atoms with Crippen molar-refractivity contribution in [3.05, 3.63) is 33.6 Å². The Labute approximate surface area is 113 Å². The maximum atomic E-state index is 14.0. The number of anilines is 1. The lowest BCUT2D eigenvalue weighted by molar-refractivity contribution is 0.375. The van der Waals surface area contributed by atoms with Gasteiger partial charge in [-0.25, -0.2) is 4.39 Å². The van der Waals surface area contributed by atoms with Gasteiger partial charge in [0.2, 0.25) is 5.82 Å². The molecule has 1 saturated carbocycles. The van der Waals surface area contributed by atoms with Crippen molar-refractivity contribution in [3.63, 3.8) is 0 Å². The number of aromatic nitrogens is 1. The topological polar surface area (TPSA) is 57.2 Å². The highest BCUT2D eigenvalue weighted by Gasteiger charge is 2.30. The second-order valence-electron chi connectivity index (χ2n) is 5.05. The monoisotopic (exact) mass is 280 g/mol. The molecule has 1 aliphatic rings. The summed E-state index contributed by atoms with van der Waals surface area (Å²) in [5, 5.41) is -0.0155. The van der Waals surface area contributed by atoms with Crippen molar-refractivity contribution in [1.82, 2.24) is 4.57 Å². The molecule has 4 nitrogen and oxygen atoms in total. The van der Waals surface area contributed by atoms with E-state index in [4.69, 9.17) is 10.5 Å². The van der Waals surface area contributed by atoms with Crippen LogP contribution in [0.15, 0.2) is 10.9 Å². The Kier molecular flexibility index (Phi) is 2.70. The molecule has 0 aliphatic heterocycles. The van der Waals surface area contributed by atoms with Gasteiger partial charge in [0.1, 0.15) is 5.52 Å². The fourth-order valence-corrected chi connectivity index (χ4v) is 2.65. The molecule has 1 heterocycles. The van der Waals surface area contributed by atoms with E-state index >= 15 is 0 Å². The van der Waals surface area contributed by atoms with Crippen molar-refractivity contribution in [3.8, 4) is 5.75 Å². The number of nitrogens with two attached hydrogens (primary N) is 1. The number of nitrogen functional groups attached to an aromatic ring is 1. The maximum absolute atomic E-state index is 14.0. The minimum absolute atomic E-state index is 0.0155. The number of halogens is 2. The van der Waals surface area contributed by atoms with Crippen LogP contribution in [0.4, 0.5) is 14.5 Å². The summed E-state index contributed by atoms with van der Waals surface area (Å²) in [5.41, 5.74) is 5.65. The third-order valence-electron chi connectivity index (χ3n) is 3.67. The zero-order valence-corrected chi connectivity index (χ0v) is 11.2. The molecule has 2 N–H and O–H groups in total. The van der Waals surface area contributed by atoms with Crippen molar-refractivity contribution in [2.75, 3.05) is 12.8 Å². The van der Waals surface area contributed by atoms with Crippen LogP contribution in [0.5, 0.6) is 5.75 Å². The predicted molar refractivity (Wildman–Crippen MR) is 72.1 cm³/mol. The Morgan fingerprint density at radius 3 is 2.55 bits per heavy atom. The van der Waals surface area contributed by atoms with Crippen molar-refractivity contribution in [1.29, 1.82) is 0 Å². The Bertz CT molecular complexity index is 779. The molecule has 0 unspecified atom stereocenters. The largest absolute Gasteiger partial charge is 0.491 e. The van der Waals surface area contributed by atoms with E-state index in [1.165, 1.54) is 13.2 Å². The smallest absolute Gasteiger partial charge is 0.204 e. The van der Waals surface area contributed by atoms with Gasteiger partial charge in [-0.1, -0.05) is 0 Å². The van der Waals surface area contributed by atoms with Crippen molar-refractivity contribution in [2.45, 2.75) is 25.8 Å². The number of aryl methyl sites for hydroxylation is 1. The van der Waals surface area contributed by atoms with Crippen LogP contribution in [0.3, 0.4) is 0 Å². The van der Waals surface area contributed by atoms with Gasteiger partial charge in [-0.3, -0.25) is 4.79 Å². The van der Waals surface area contributed by atoms with E-state index in [0.29, 0.717) is 5.69 Å². The second-order valence-corrected chi connectivity index (χ2v) is 5.05. The Morgan fingerprint density at radius 2 is 2.00 bits per heavy atom. The molecule has 1 fully saturated rings. The van der Waals surface area contributed by atoms with Crippen molar-refractivity contribution < 1.29 is 13.5 Å². The van der Waals surface area contributed by atoms with Crippen molar-refractivity contribution >= 4 is 16.6 Å². The summed E-state index contributed by atoms with van der Waals surface area (Å²) in [7, 11) is 1.25. The van der Waals surface area contributed by atoms with Crippen LogP contribution in [0.2, 0.25) is 0 Å². The van der Waals surface area contributed by atoms with Crippen LogP contribution in [0.1, 0.15) is 24.6 Å². The second kappa shape index (κ2) is 4.19. The van der Waals surface area contributed by atoms with Crippen LogP contribution in [0, 0.1) is 18.6 Å². The summed E-state index contributed by atoms with van der Waals surface area (Å²) in [6.07, 6.45) is 1.86. The molecule has 106 valence electrons. The van der Waals surface area contributed by atoms with E-state index in [2.05, 4.69) is 0 Å². The van der Waals surface area contributed by atoms with Gasteiger partial charge in [0.25, 0.3) is 0 Å². The fraction of sp³-hybridized carbons (Fsp3) is 0.357. The number of nitrogens with zero attached hydrogens (tertiary/aromatic N) is 1. The molecule has 0 atom stereocenters. The summed E-state index contributed by atoms with van der Waals surface area (Å²) < 4.78 is 34.6. The SMILES string of the molecule is COc1c(F)c(F)c(N)c2c(=O)cc(C)n(C3CC3)c12. The lowest BCUT2D eigenvalue weighted by Crippen LogP contribution is -2.16. The minimum Gasteiger partial charge on any atom is -0.491 e. The summed E-state index contributed by atoms with van der Waals surface area (Å²) in [5.74, 6) is -2.66. The van der Waals surface area contributed by atoms with E-state index in [9.17, 15) is 13.6 Å². The quantitative estimate of drug-likeness (QED) is 0.860. The molecule has 20 heavy (non-hydrogen) atoms. The third kappa shape index (κ3) is 1.60. The van der Waals surface area contributed by atoms with E-state index in [1.807, 2.05) is 4.57 Å². The average Bonchev–Trinajstić information content (AvgIpc) is 3.20. The van der Waals surface area contributed by atoms with Gasteiger partial charge in [-0.05, 0) is 19.8 Å². The predicted octanol–water partition coefficient (Wildman–Crippen LogP) is 2.51. The first kappa shape index (κ1) is 12.9. The van der Waals surface area contributed by atoms with Gasteiger partial charge in [0.05, 0.1) is 18.2 Å². The molecule has 1 aromatic heterocycles. The van der Waals surface area contributed by atoms with Crippen LogP contribution in [-0.2, 0) is 0 Å². The van der Waals surface area contributed by atoms with Crippen LogP contribution >= 0.6 is 0 Å². The van der Waals surface area contributed by atoms with Gasteiger partial charge in [-0.15, -0.1) is 0 Å². The van der Waals surface area contributed by atoms with E-state index in [-0.39, 0.29) is 22.7 Å². The summed E-state index contributed by atoms with van der Waals surface area (Å²) in [4.78, 5) is 12.1. The number of hydrogen-bond acceptors (Lipinski definition) is 3. The first-order valence-corrected chi connectivity index (χ1v) is 6.33. The third-order valence-corrected chi connectivity index (χ3v) is 3.67. The zero-order chi connectivity index (χ0) is 14.6. The summed E-state index contributed by atoms with van der Waals surface area (Å²) in [6, 6.07) is 1.57. The summed E-state index contributed by atoms with van der Waals surface area (Å²) >= 11 is 0. The number of pyridine rings is 1. The number of methoxy groups -OCH3 is 1. The highest BCUT2D eigenvalue weighted by atomic mass is 19.2. The summed E-state index contributed by atoms with van der Waals surface area (Å²) in [6.45, 7) is 1.76. The molecule has 0 saturated heterocycles. The molecule has 1 aromatic carbocycles. The number of hydrogen-bond donors (Lipinski definition) is 1. The zero-order valence-electron chi connectivity index (χ0n) is 11.2. The molecule has 2 aromatic rings. The lowest BCUT2D eigenvalue weighted by Gasteiger charge is -2.18. The number of fused-ring (bicyclic) bond motifs is 1. The highest BCUT2D eigenvalue weighted by molar-refractivity contribution is 5.95. The number of rotatable bonds is 2. The molecule has 0 bridgehead atoms. The first-order chi connectivity index (χ1) is 9.47. The van der Waals surface area contributed by atoms with E-state index < -0.39 is 22.8 Å². The van der Waals surface area contributed by atoms with E-state index in [0.717, 1.165) is 12.8 Å². The van der Waals surface area contributed by atoms with Crippen LogP contribution in [0.25, 0.3) is 10.9 Å². The van der Waals surface area contributed by atoms with Crippen molar-refractivity contribution in [2.24, 2.45) is 0 Å². The van der Waals surface area contributed by atoms with Gasteiger partial charge < -0.3 is 15.0 Å². The Morgan fingerprint density at radius 1 is 1.35 bits per heavy atom. The van der Waals surface area contributed by atoms with Crippen LogP contribution in [-0.4, -0.2) is 11.7 Å². The average molecular weight is 280 g/mol. The molecule has 0 spiro atoms. The van der Waals surface area contributed by atoms with E-state index in [1.54, 1.807) is 6.92 Å². The standard InChI is InChI=1S/C14H14F2N2O2/c1-6-5-8(19)9-12(17)10(15)11(16)14(20-2)13(9)18(6)7-3-4-7/h5,7H,3-4,17H2,1-2H3. The molecule has 0 amide bonds. The Balaban J connectivity index is 2.60. The molecule has 6 heteroatoms. The van der Waals surface area contributed by atoms with Gasteiger partial charge in [0.15, 0.2) is 17.0 Å². The molecule has 3 rings (SSSR count). The Hall–Kier alpha value is -2.11. The highest BCUT2D eigenvalue weighted by Crippen LogP contribution is 2.42. The molecular formula is C14H14F2N2O2. The minimum atomic E-state index is -1.24. The lowest BCUT2D eigenvalue weighted by atomic mass is 10.1. The first-order valence-electron chi connectivity index (χ1n) is 6.33. The molecular weight excluding hydrogens is 266 g/mol. The van der Waals surface area contributed by atoms with Crippen LogP contribution < -0.4 is 15.9 Å². The van der Waals surface area contributed by atoms with Gasteiger partial charge in [0, 0.05) is 17.8 Å². The number of benzene rings is 1. The van der Waals surface area contributed by atoms with Gasteiger partial charge in [-0.2, -0.15) is 4.39 Å². The normalized spacial score (nSPS) is 14.8. The maximum Gasteiger partial charge on any atom is 0.204 e. The molecule has 1 aliphatic carbocycles. The number of ether oxygens (including phenoxy) is 1.